The molecule has 0 rings (SSSR count). The van der Waals surface area contributed by atoms with Gasteiger partial charge in [-0.3, -0.25) is 4.79 Å². The van der Waals surface area contributed by atoms with Gasteiger partial charge in [-0.05, 0) is 19.3 Å². The van der Waals surface area contributed by atoms with Gasteiger partial charge in [0, 0.05) is 0 Å². The summed E-state index contributed by atoms with van der Waals surface area (Å²) >= 11 is 0. The number of unbranched alkanes of at least 4 members (excludes halogenated alkanes) is 9. The van der Waals surface area contributed by atoms with Crippen LogP contribution in [0.1, 0.15) is 104 Å². The molecule has 3 nitrogen and oxygen atoms in total. The van der Waals surface area contributed by atoms with E-state index in [1.807, 2.05) is 0 Å². The molecular formula is C19H38O3. The number of carboxylic acid groups (broad SMARTS) is 1. The number of carbonyl (C=O) groups is 1. The fraction of sp³-hybridized carbons (Fsp3) is 0.947. The number of hydrogen-bond acceptors (Lipinski definition) is 2. The zero-order chi connectivity index (χ0) is 16.6. The Kier molecular flexibility index (Phi) is 14.9. The molecule has 132 valence electrons. The molecule has 0 aromatic heterocycles. The van der Waals surface area contributed by atoms with Crippen LogP contribution in [0.4, 0.5) is 0 Å². The third-order valence-corrected chi connectivity index (χ3v) is 4.49. The summed E-state index contributed by atoms with van der Waals surface area (Å²) < 4.78 is 0. The summed E-state index contributed by atoms with van der Waals surface area (Å²) in [6, 6.07) is 0. The average Bonchev–Trinajstić information content (AvgIpc) is 2.49. The lowest BCUT2D eigenvalue weighted by atomic mass is 10.0. The average molecular weight is 315 g/mol. The first-order valence-corrected chi connectivity index (χ1v) is 9.48. The van der Waals surface area contributed by atoms with Gasteiger partial charge in [0.25, 0.3) is 0 Å². The first-order valence-electron chi connectivity index (χ1n) is 9.48. The van der Waals surface area contributed by atoms with Gasteiger partial charge in [-0.15, -0.1) is 0 Å². The molecule has 22 heavy (non-hydrogen) atoms. The predicted octanol–water partition coefficient (Wildman–Crippen LogP) is 5.55. The van der Waals surface area contributed by atoms with Gasteiger partial charge >= 0.3 is 5.97 Å². The van der Waals surface area contributed by atoms with E-state index in [1.54, 1.807) is 6.92 Å². The van der Waals surface area contributed by atoms with Crippen molar-refractivity contribution in [1.82, 2.24) is 0 Å². The molecule has 0 bridgehead atoms. The molecule has 0 amide bonds. The Balaban J connectivity index is 3.21. The first-order chi connectivity index (χ1) is 10.6. The van der Waals surface area contributed by atoms with E-state index in [2.05, 4.69) is 6.92 Å². The largest absolute Gasteiger partial charge is 0.481 e. The molecule has 0 aromatic carbocycles. The van der Waals surface area contributed by atoms with Crippen molar-refractivity contribution in [2.75, 3.05) is 0 Å². The second kappa shape index (κ2) is 15.3. The van der Waals surface area contributed by atoms with E-state index in [0.29, 0.717) is 0 Å². The maximum Gasteiger partial charge on any atom is 0.306 e. The zero-order valence-electron chi connectivity index (χ0n) is 14.9. The van der Waals surface area contributed by atoms with Gasteiger partial charge in [-0.25, -0.2) is 0 Å². The lowest BCUT2D eigenvalue weighted by Crippen LogP contribution is -2.08. The Morgan fingerprint density at radius 3 is 1.64 bits per heavy atom. The fourth-order valence-corrected chi connectivity index (χ4v) is 2.79. The lowest BCUT2D eigenvalue weighted by Gasteiger charge is -2.10. The molecule has 0 aliphatic carbocycles. The van der Waals surface area contributed by atoms with Crippen molar-refractivity contribution in [3.63, 3.8) is 0 Å². The van der Waals surface area contributed by atoms with Gasteiger partial charge in [-0.2, -0.15) is 0 Å². The van der Waals surface area contributed by atoms with Crippen LogP contribution in [0.25, 0.3) is 0 Å². The van der Waals surface area contributed by atoms with E-state index in [0.717, 1.165) is 38.5 Å². The van der Waals surface area contributed by atoms with Crippen LogP contribution in [0.3, 0.4) is 0 Å². The number of carboxylic acids is 1. The van der Waals surface area contributed by atoms with Crippen molar-refractivity contribution in [3.05, 3.63) is 0 Å². The summed E-state index contributed by atoms with van der Waals surface area (Å²) in [6.45, 7) is 4.00. The van der Waals surface area contributed by atoms with Gasteiger partial charge in [0.05, 0.1) is 12.0 Å². The molecule has 0 radical (unpaired) electrons. The number of hydrogen-bond donors (Lipinski definition) is 2. The van der Waals surface area contributed by atoms with Crippen molar-refractivity contribution < 1.29 is 15.0 Å². The minimum absolute atomic E-state index is 0.0886. The third kappa shape index (κ3) is 14.4. The number of aliphatic hydroxyl groups excluding tert-OH is 1. The Bertz CT molecular complexity index is 253. The minimum Gasteiger partial charge on any atom is -0.481 e. The van der Waals surface area contributed by atoms with Crippen LogP contribution < -0.4 is 0 Å². The molecule has 2 atom stereocenters. The monoisotopic (exact) mass is 314 g/mol. The van der Waals surface area contributed by atoms with Gasteiger partial charge in [0.15, 0.2) is 0 Å². The highest BCUT2D eigenvalue weighted by Gasteiger charge is 2.09. The van der Waals surface area contributed by atoms with Crippen LogP contribution in [0.5, 0.6) is 0 Å². The molecule has 2 unspecified atom stereocenters. The number of aliphatic carboxylic acids is 1. The smallest absolute Gasteiger partial charge is 0.306 e. The van der Waals surface area contributed by atoms with Gasteiger partial charge in [0.2, 0.25) is 0 Å². The Morgan fingerprint density at radius 2 is 1.18 bits per heavy atom. The summed E-state index contributed by atoms with van der Waals surface area (Å²) in [6.07, 6.45) is 15.9. The second-order valence-corrected chi connectivity index (χ2v) is 6.79. The van der Waals surface area contributed by atoms with Gasteiger partial charge < -0.3 is 10.2 Å². The normalized spacial score (nSPS) is 14.0. The maximum atomic E-state index is 10.7. The van der Waals surface area contributed by atoms with E-state index in [1.165, 1.54) is 51.4 Å². The first kappa shape index (κ1) is 21.4. The molecule has 2 N–H and O–H groups in total. The Morgan fingerprint density at radius 1 is 0.773 bits per heavy atom. The molecule has 0 saturated carbocycles. The highest BCUT2D eigenvalue weighted by molar-refractivity contribution is 5.69. The van der Waals surface area contributed by atoms with Crippen LogP contribution in [-0.2, 0) is 4.79 Å². The molecule has 0 saturated heterocycles. The maximum absolute atomic E-state index is 10.7. The van der Waals surface area contributed by atoms with E-state index in [-0.39, 0.29) is 12.0 Å². The highest BCUT2D eigenvalue weighted by Crippen LogP contribution is 2.15. The minimum atomic E-state index is -0.673. The number of rotatable bonds is 16. The molecule has 0 fully saturated rings. The van der Waals surface area contributed by atoms with Crippen molar-refractivity contribution in [2.24, 2.45) is 5.92 Å². The summed E-state index contributed by atoms with van der Waals surface area (Å²) in [4.78, 5) is 10.7. The Hall–Kier alpha value is -0.570. The molecule has 0 aromatic rings. The van der Waals surface area contributed by atoms with Crippen LogP contribution in [0, 0.1) is 5.92 Å². The molecule has 0 aliphatic rings. The van der Waals surface area contributed by atoms with E-state index < -0.39 is 5.97 Å². The second-order valence-electron chi connectivity index (χ2n) is 6.79. The zero-order valence-corrected chi connectivity index (χ0v) is 14.9. The van der Waals surface area contributed by atoms with E-state index in [9.17, 15) is 9.90 Å². The molecular weight excluding hydrogens is 276 g/mol. The van der Waals surface area contributed by atoms with Crippen LogP contribution >= 0.6 is 0 Å². The summed E-state index contributed by atoms with van der Waals surface area (Å²) in [5.74, 6) is -0.868. The highest BCUT2D eigenvalue weighted by atomic mass is 16.4. The van der Waals surface area contributed by atoms with Crippen LogP contribution in [0.15, 0.2) is 0 Å². The summed E-state index contributed by atoms with van der Waals surface area (Å²) in [7, 11) is 0. The van der Waals surface area contributed by atoms with Gasteiger partial charge in [-0.1, -0.05) is 84.5 Å². The third-order valence-electron chi connectivity index (χ3n) is 4.49. The number of aliphatic hydroxyl groups is 1. The Labute approximate surface area is 137 Å². The van der Waals surface area contributed by atoms with Crippen molar-refractivity contribution in [1.29, 1.82) is 0 Å². The van der Waals surface area contributed by atoms with Crippen molar-refractivity contribution in [3.8, 4) is 0 Å². The molecule has 0 spiro atoms. The summed E-state index contributed by atoms with van der Waals surface area (Å²) in [5, 5.41) is 18.7. The van der Waals surface area contributed by atoms with Crippen LogP contribution in [-0.4, -0.2) is 22.3 Å². The van der Waals surface area contributed by atoms with E-state index in [4.69, 9.17) is 5.11 Å². The predicted molar refractivity (Wildman–Crippen MR) is 93.1 cm³/mol. The van der Waals surface area contributed by atoms with Crippen molar-refractivity contribution in [2.45, 2.75) is 110 Å². The lowest BCUT2D eigenvalue weighted by molar-refractivity contribution is -0.141. The topological polar surface area (TPSA) is 57.5 Å². The van der Waals surface area contributed by atoms with Crippen LogP contribution in [0.2, 0.25) is 0 Å². The van der Waals surface area contributed by atoms with Gasteiger partial charge in [0.1, 0.15) is 0 Å². The fourth-order valence-electron chi connectivity index (χ4n) is 2.79. The van der Waals surface area contributed by atoms with E-state index >= 15 is 0 Å². The molecule has 0 aliphatic heterocycles. The standard InChI is InChI=1S/C19H38O3/c1-3-4-5-12-15-18(20)16-13-10-8-6-7-9-11-14-17(2)19(21)22/h17-18,20H,3-16H2,1-2H3,(H,21,22). The van der Waals surface area contributed by atoms with Crippen molar-refractivity contribution >= 4 is 5.97 Å². The SMILES string of the molecule is CCCCCCC(O)CCCCCCCCCC(C)C(=O)O. The quantitative estimate of drug-likeness (QED) is 0.367. The molecule has 0 heterocycles. The summed E-state index contributed by atoms with van der Waals surface area (Å²) in [5.41, 5.74) is 0. The molecule has 3 heteroatoms.